The molecule has 0 spiro atoms. The predicted molar refractivity (Wildman–Crippen MR) is 111 cm³/mol. The second kappa shape index (κ2) is 11.9. The summed E-state index contributed by atoms with van der Waals surface area (Å²) in [6.45, 7) is 3.82. The number of nitrogens with two attached hydrogens (primary N) is 1. The van der Waals surface area contributed by atoms with Crippen LogP contribution < -0.4 is 11.1 Å². The van der Waals surface area contributed by atoms with Gasteiger partial charge >= 0.3 is 0 Å². The van der Waals surface area contributed by atoms with Gasteiger partial charge in [0.25, 0.3) is 0 Å². The molecule has 0 saturated heterocycles. The third kappa shape index (κ3) is 7.33. The molecular formula is C18H28IN5. The normalized spacial score (nSPS) is 11.1. The van der Waals surface area contributed by atoms with Crippen molar-refractivity contribution < 1.29 is 0 Å². The Morgan fingerprint density at radius 1 is 1.21 bits per heavy atom. The molecule has 0 amide bonds. The van der Waals surface area contributed by atoms with Crippen molar-refractivity contribution in [1.82, 2.24) is 15.1 Å². The van der Waals surface area contributed by atoms with Crippen LogP contribution in [0.4, 0.5) is 0 Å². The largest absolute Gasteiger partial charge is 0.370 e. The molecule has 0 bridgehead atoms. The molecule has 0 atom stereocenters. The third-order valence-electron chi connectivity index (χ3n) is 3.72. The van der Waals surface area contributed by atoms with E-state index in [1.807, 2.05) is 16.9 Å². The Labute approximate surface area is 161 Å². The molecule has 0 saturated carbocycles. The summed E-state index contributed by atoms with van der Waals surface area (Å²) >= 11 is 0. The van der Waals surface area contributed by atoms with E-state index in [2.05, 4.69) is 46.6 Å². The van der Waals surface area contributed by atoms with Crippen molar-refractivity contribution in [3.63, 3.8) is 0 Å². The Bertz CT molecular complexity index is 578. The molecule has 1 heterocycles. The zero-order valence-corrected chi connectivity index (χ0v) is 16.6. The number of aliphatic imine (C=N–C) groups is 1. The van der Waals surface area contributed by atoms with E-state index in [9.17, 15) is 0 Å². The number of nitrogens with zero attached hydrogens (tertiary/aromatic N) is 3. The smallest absolute Gasteiger partial charge is 0.188 e. The maximum atomic E-state index is 5.87. The van der Waals surface area contributed by atoms with E-state index >= 15 is 0 Å². The molecule has 2 rings (SSSR count). The molecule has 2 aromatic rings. The second-order valence-corrected chi connectivity index (χ2v) is 5.62. The van der Waals surface area contributed by atoms with Crippen molar-refractivity contribution in [3.05, 3.63) is 48.3 Å². The van der Waals surface area contributed by atoms with Crippen molar-refractivity contribution in [2.45, 2.75) is 39.0 Å². The standard InChI is InChI=1S/C18H27N5.HI/c1-2-3-4-5-12-20-18(19)21-14-11-16-7-9-17(10-8-16)23-15-6-13-22-23;/h6-10,13,15H,2-5,11-12,14H2,1H3,(H3,19,20,21);1H. The van der Waals surface area contributed by atoms with Gasteiger partial charge in [-0.05, 0) is 36.6 Å². The molecular weight excluding hydrogens is 413 g/mol. The highest BCUT2D eigenvalue weighted by molar-refractivity contribution is 14.0. The molecule has 0 fully saturated rings. The highest BCUT2D eigenvalue weighted by Crippen LogP contribution is 2.08. The fraction of sp³-hybridized carbons (Fsp3) is 0.444. The van der Waals surface area contributed by atoms with Crippen molar-refractivity contribution in [1.29, 1.82) is 0 Å². The third-order valence-corrected chi connectivity index (χ3v) is 3.72. The van der Waals surface area contributed by atoms with Crippen LogP contribution in [0.2, 0.25) is 0 Å². The summed E-state index contributed by atoms with van der Waals surface area (Å²) in [4.78, 5) is 4.35. The van der Waals surface area contributed by atoms with Crippen LogP contribution in [0.3, 0.4) is 0 Å². The Kier molecular flexibility index (Phi) is 10.1. The number of hydrogen-bond acceptors (Lipinski definition) is 2. The van der Waals surface area contributed by atoms with Gasteiger partial charge in [0, 0.05) is 25.5 Å². The molecule has 132 valence electrons. The SMILES string of the molecule is CCCCCCN=C(N)NCCc1ccc(-n2cccn2)cc1.I. The molecule has 24 heavy (non-hydrogen) atoms. The number of guanidine groups is 1. The van der Waals surface area contributed by atoms with Crippen molar-refractivity contribution >= 4 is 29.9 Å². The molecule has 0 unspecified atom stereocenters. The van der Waals surface area contributed by atoms with E-state index < -0.39 is 0 Å². The molecule has 5 nitrogen and oxygen atoms in total. The van der Waals surface area contributed by atoms with Crippen LogP contribution in [0.5, 0.6) is 0 Å². The average Bonchev–Trinajstić information content (AvgIpc) is 3.10. The molecule has 3 N–H and O–H groups in total. The second-order valence-electron chi connectivity index (χ2n) is 5.62. The lowest BCUT2D eigenvalue weighted by atomic mass is 10.1. The van der Waals surface area contributed by atoms with Gasteiger partial charge in [-0.25, -0.2) is 4.68 Å². The molecule has 6 heteroatoms. The lowest BCUT2D eigenvalue weighted by Crippen LogP contribution is -2.33. The van der Waals surface area contributed by atoms with Crippen LogP contribution in [-0.4, -0.2) is 28.8 Å². The lowest BCUT2D eigenvalue weighted by Gasteiger charge is -2.07. The van der Waals surface area contributed by atoms with Gasteiger partial charge in [0.1, 0.15) is 0 Å². The van der Waals surface area contributed by atoms with E-state index in [4.69, 9.17) is 5.73 Å². The maximum absolute atomic E-state index is 5.87. The van der Waals surface area contributed by atoms with Gasteiger partial charge in [-0.15, -0.1) is 24.0 Å². The Morgan fingerprint density at radius 2 is 2.00 bits per heavy atom. The number of rotatable bonds is 9. The minimum Gasteiger partial charge on any atom is -0.370 e. The number of hydrogen-bond donors (Lipinski definition) is 2. The summed E-state index contributed by atoms with van der Waals surface area (Å²) < 4.78 is 1.85. The van der Waals surface area contributed by atoms with Crippen LogP contribution in [0.15, 0.2) is 47.7 Å². The number of nitrogens with one attached hydrogen (secondary N) is 1. The number of benzene rings is 1. The first-order valence-corrected chi connectivity index (χ1v) is 8.42. The van der Waals surface area contributed by atoms with Gasteiger partial charge in [0.2, 0.25) is 0 Å². The fourth-order valence-corrected chi connectivity index (χ4v) is 2.37. The van der Waals surface area contributed by atoms with E-state index in [1.165, 1.54) is 24.8 Å². The first kappa shape index (κ1) is 20.5. The van der Waals surface area contributed by atoms with Crippen LogP contribution in [0, 0.1) is 0 Å². The van der Waals surface area contributed by atoms with E-state index in [0.717, 1.165) is 31.6 Å². The zero-order chi connectivity index (χ0) is 16.3. The van der Waals surface area contributed by atoms with Crippen molar-refractivity contribution in [3.8, 4) is 5.69 Å². The summed E-state index contributed by atoms with van der Waals surface area (Å²) in [5, 5.41) is 7.40. The predicted octanol–water partition coefficient (Wildman–Crippen LogP) is 3.52. The van der Waals surface area contributed by atoms with Crippen molar-refractivity contribution in [2.75, 3.05) is 13.1 Å². The summed E-state index contributed by atoms with van der Waals surface area (Å²) in [5.74, 6) is 0.551. The quantitative estimate of drug-likeness (QED) is 0.271. The Hall–Kier alpha value is -1.57. The van der Waals surface area contributed by atoms with Gasteiger partial charge in [0.05, 0.1) is 5.69 Å². The molecule has 1 aromatic carbocycles. The van der Waals surface area contributed by atoms with E-state index in [1.54, 1.807) is 6.20 Å². The first-order valence-electron chi connectivity index (χ1n) is 8.42. The Balaban J connectivity index is 0.00000288. The monoisotopic (exact) mass is 441 g/mol. The maximum Gasteiger partial charge on any atom is 0.188 e. The van der Waals surface area contributed by atoms with Crippen LogP contribution >= 0.6 is 24.0 Å². The van der Waals surface area contributed by atoms with Gasteiger partial charge in [0.15, 0.2) is 5.96 Å². The minimum absolute atomic E-state index is 0. The fourth-order valence-electron chi connectivity index (χ4n) is 2.37. The molecule has 0 aliphatic carbocycles. The number of aromatic nitrogens is 2. The summed E-state index contributed by atoms with van der Waals surface area (Å²) in [5.41, 5.74) is 8.21. The molecule has 0 radical (unpaired) electrons. The molecule has 0 aliphatic rings. The van der Waals surface area contributed by atoms with Crippen LogP contribution in [0.25, 0.3) is 5.69 Å². The van der Waals surface area contributed by atoms with E-state index in [-0.39, 0.29) is 24.0 Å². The topological polar surface area (TPSA) is 68.2 Å². The first-order chi connectivity index (χ1) is 11.3. The summed E-state index contributed by atoms with van der Waals surface area (Å²) in [6, 6.07) is 10.3. The van der Waals surface area contributed by atoms with Crippen molar-refractivity contribution in [2.24, 2.45) is 10.7 Å². The average molecular weight is 441 g/mol. The minimum atomic E-state index is 0. The highest BCUT2D eigenvalue weighted by atomic mass is 127. The van der Waals surface area contributed by atoms with E-state index in [0.29, 0.717) is 5.96 Å². The molecule has 1 aromatic heterocycles. The summed E-state index contributed by atoms with van der Waals surface area (Å²) in [6.07, 6.45) is 9.51. The number of unbranched alkanes of at least 4 members (excludes halogenated alkanes) is 3. The highest BCUT2D eigenvalue weighted by Gasteiger charge is 1.98. The zero-order valence-electron chi connectivity index (χ0n) is 14.3. The van der Waals surface area contributed by atoms with Gasteiger partial charge < -0.3 is 11.1 Å². The lowest BCUT2D eigenvalue weighted by molar-refractivity contribution is 0.673. The van der Waals surface area contributed by atoms with Gasteiger partial charge in [-0.2, -0.15) is 5.10 Å². The Morgan fingerprint density at radius 3 is 2.67 bits per heavy atom. The van der Waals surface area contributed by atoms with Gasteiger partial charge in [-0.3, -0.25) is 4.99 Å². The van der Waals surface area contributed by atoms with Crippen LogP contribution in [-0.2, 0) is 6.42 Å². The molecule has 0 aliphatic heterocycles. The van der Waals surface area contributed by atoms with Crippen LogP contribution in [0.1, 0.15) is 38.2 Å². The summed E-state index contributed by atoms with van der Waals surface area (Å²) in [7, 11) is 0. The van der Waals surface area contributed by atoms with Gasteiger partial charge in [-0.1, -0.05) is 38.3 Å². The number of halogens is 1.